The topological polar surface area (TPSA) is 35.2 Å². The van der Waals surface area contributed by atoms with Gasteiger partial charge in [-0.05, 0) is 12.1 Å². The van der Waals surface area contributed by atoms with E-state index in [0.29, 0.717) is 16.3 Å². The van der Waals surface area contributed by atoms with E-state index in [1.807, 2.05) is 0 Å². The van der Waals surface area contributed by atoms with Gasteiger partial charge >= 0.3 is 0 Å². The second kappa shape index (κ2) is 3.57. The Balaban J connectivity index is 2.41. The lowest BCUT2D eigenvalue weighted by molar-refractivity contribution is -0.125. The summed E-state index contributed by atoms with van der Waals surface area (Å²) in [6, 6.07) is 5.00. The normalized spacial score (nSPS) is 21.3. The van der Waals surface area contributed by atoms with Crippen molar-refractivity contribution < 1.29 is 13.5 Å². The summed E-state index contributed by atoms with van der Waals surface area (Å²) in [7, 11) is 1.47. The van der Waals surface area contributed by atoms with Crippen LogP contribution < -0.4 is 10.5 Å². The largest absolute Gasteiger partial charge is 0.496 e. The third-order valence-electron chi connectivity index (χ3n) is 2.84. The van der Waals surface area contributed by atoms with Gasteiger partial charge in [-0.1, -0.05) is 17.7 Å². The molecule has 0 radical (unpaired) electrons. The Hall–Kier alpha value is -0.870. The van der Waals surface area contributed by atoms with Crippen molar-refractivity contribution in [2.24, 2.45) is 5.73 Å². The molecule has 0 unspecified atom stereocenters. The number of hydrogen-bond donors (Lipinski definition) is 1. The first kappa shape index (κ1) is 11.6. The smallest absolute Gasteiger partial charge is 0.252 e. The number of benzene rings is 1. The molecule has 88 valence electrons. The van der Waals surface area contributed by atoms with Crippen molar-refractivity contribution in [1.82, 2.24) is 0 Å². The number of rotatable bonds is 2. The maximum Gasteiger partial charge on any atom is 0.252 e. The van der Waals surface area contributed by atoms with Gasteiger partial charge in [-0.2, -0.15) is 0 Å². The molecule has 0 aromatic heterocycles. The fraction of sp³-hybridized carbons (Fsp3) is 0.455. The fourth-order valence-corrected chi connectivity index (χ4v) is 2.56. The standard InChI is InChI=1S/C11H12ClF2NO/c1-16-8-4-2-3-7(12)9(8)10(15)5-11(13,14)6-10/h2-4H,5-6,15H2,1H3. The van der Waals surface area contributed by atoms with Crippen molar-refractivity contribution in [3.63, 3.8) is 0 Å². The summed E-state index contributed by atoms with van der Waals surface area (Å²) in [4.78, 5) is 0. The second-order valence-corrected chi connectivity index (χ2v) is 4.59. The monoisotopic (exact) mass is 247 g/mol. The van der Waals surface area contributed by atoms with Crippen molar-refractivity contribution in [3.8, 4) is 5.75 Å². The van der Waals surface area contributed by atoms with Crippen LogP contribution in [-0.2, 0) is 5.54 Å². The highest BCUT2D eigenvalue weighted by molar-refractivity contribution is 6.31. The summed E-state index contributed by atoms with van der Waals surface area (Å²) in [6.07, 6.45) is -0.778. The molecular formula is C11H12ClF2NO. The van der Waals surface area contributed by atoms with E-state index in [0.717, 1.165) is 0 Å². The zero-order chi connectivity index (χ0) is 12.0. The molecule has 0 heterocycles. The van der Waals surface area contributed by atoms with Crippen LogP contribution in [0.5, 0.6) is 5.75 Å². The summed E-state index contributed by atoms with van der Waals surface area (Å²) in [5.41, 5.74) is 5.33. The zero-order valence-corrected chi connectivity index (χ0v) is 9.52. The van der Waals surface area contributed by atoms with Gasteiger partial charge in [0.1, 0.15) is 5.75 Å². The van der Waals surface area contributed by atoms with Crippen LogP contribution >= 0.6 is 11.6 Å². The van der Waals surface area contributed by atoms with E-state index in [2.05, 4.69) is 0 Å². The Morgan fingerprint density at radius 2 is 2.00 bits per heavy atom. The summed E-state index contributed by atoms with van der Waals surface area (Å²) in [6.45, 7) is 0. The Morgan fingerprint density at radius 1 is 1.38 bits per heavy atom. The van der Waals surface area contributed by atoms with Gasteiger partial charge in [0.2, 0.25) is 0 Å². The van der Waals surface area contributed by atoms with E-state index < -0.39 is 11.5 Å². The highest BCUT2D eigenvalue weighted by Crippen LogP contribution is 2.53. The summed E-state index contributed by atoms with van der Waals surface area (Å²) in [5.74, 6) is -2.23. The van der Waals surface area contributed by atoms with Gasteiger partial charge in [0.15, 0.2) is 0 Å². The molecule has 2 nitrogen and oxygen atoms in total. The van der Waals surface area contributed by atoms with Crippen molar-refractivity contribution in [2.45, 2.75) is 24.3 Å². The van der Waals surface area contributed by atoms with Crippen molar-refractivity contribution in [2.75, 3.05) is 7.11 Å². The lowest BCUT2D eigenvalue weighted by Gasteiger charge is -2.45. The highest BCUT2D eigenvalue weighted by atomic mass is 35.5. The van der Waals surface area contributed by atoms with Crippen molar-refractivity contribution in [3.05, 3.63) is 28.8 Å². The Kier molecular flexibility index (Phi) is 2.59. The predicted molar refractivity (Wildman–Crippen MR) is 58.1 cm³/mol. The quantitative estimate of drug-likeness (QED) is 0.872. The first-order valence-corrected chi connectivity index (χ1v) is 5.25. The highest BCUT2D eigenvalue weighted by Gasteiger charge is 2.56. The predicted octanol–water partition coefficient (Wildman–Crippen LogP) is 2.93. The molecule has 16 heavy (non-hydrogen) atoms. The molecule has 0 spiro atoms. The maximum absolute atomic E-state index is 12.9. The third kappa shape index (κ3) is 1.76. The van der Waals surface area contributed by atoms with E-state index in [-0.39, 0.29) is 12.8 Å². The number of hydrogen-bond acceptors (Lipinski definition) is 2. The Morgan fingerprint density at radius 3 is 2.50 bits per heavy atom. The zero-order valence-electron chi connectivity index (χ0n) is 8.77. The van der Waals surface area contributed by atoms with Crippen molar-refractivity contribution in [1.29, 1.82) is 0 Å². The van der Waals surface area contributed by atoms with Crippen LogP contribution in [-0.4, -0.2) is 13.0 Å². The molecule has 2 rings (SSSR count). The van der Waals surface area contributed by atoms with Gasteiger partial charge in [0, 0.05) is 23.4 Å². The number of halogens is 3. The second-order valence-electron chi connectivity index (χ2n) is 4.18. The van der Waals surface area contributed by atoms with E-state index in [1.165, 1.54) is 7.11 Å². The van der Waals surface area contributed by atoms with Gasteiger partial charge in [0.05, 0.1) is 12.6 Å². The minimum absolute atomic E-state index is 0.373. The van der Waals surface area contributed by atoms with Crippen LogP contribution in [0.15, 0.2) is 18.2 Å². The molecule has 0 saturated heterocycles. The third-order valence-corrected chi connectivity index (χ3v) is 3.16. The van der Waals surface area contributed by atoms with Crippen LogP contribution in [0, 0.1) is 0 Å². The van der Waals surface area contributed by atoms with Crippen LogP contribution in [0.25, 0.3) is 0 Å². The number of methoxy groups -OCH3 is 1. The van der Waals surface area contributed by atoms with Gasteiger partial charge in [-0.25, -0.2) is 8.78 Å². The minimum Gasteiger partial charge on any atom is -0.496 e. The molecule has 0 aliphatic heterocycles. The molecule has 0 amide bonds. The van der Waals surface area contributed by atoms with E-state index >= 15 is 0 Å². The summed E-state index contributed by atoms with van der Waals surface area (Å²) >= 11 is 5.99. The molecule has 1 fully saturated rings. The fourth-order valence-electron chi connectivity index (χ4n) is 2.21. The van der Waals surface area contributed by atoms with Gasteiger partial charge in [-0.15, -0.1) is 0 Å². The Labute approximate surface area is 97.3 Å². The lowest BCUT2D eigenvalue weighted by Crippen LogP contribution is -2.55. The molecule has 1 aromatic carbocycles. The van der Waals surface area contributed by atoms with Gasteiger partial charge < -0.3 is 10.5 Å². The van der Waals surface area contributed by atoms with Crippen LogP contribution in [0.3, 0.4) is 0 Å². The Bertz CT molecular complexity index is 414. The number of ether oxygens (including phenoxy) is 1. The molecule has 5 heteroatoms. The maximum atomic E-state index is 12.9. The van der Waals surface area contributed by atoms with Crippen LogP contribution in [0.4, 0.5) is 8.78 Å². The van der Waals surface area contributed by atoms with E-state index in [9.17, 15) is 8.78 Å². The molecule has 1 aliphatic carbocycles. The molecule has 0 atom stereocenters. The molecular weight excluding hydrogens is 236 g/mol. The molecule has 2 N–H and O–H groups in total. The van der Waals surface area contributed by atoms with Crippen LogP contribution in [0.2, 0.25) is 5.02 Å². The molecule has 1 aromatic rings. The SMILES string of the molecule is COc1cccc(Cl)c1C1(N)CC(F)(F)C1. The van der Waals surface area contributed by atoms with Crippen LogP contribution in [0.1, 0.15) is 18.4 Å². The average molecular weight is 248 g/mol. The summed E-state index contributed by atoms with van der Waals surface area (Å²) in [5, 5.41) is 0.373. The molecule has 1 saturated carbocycles. The average Bonchev–Trinajstić information content (AvgIpc) is 2.13. The molecule has 1 aliphatic rings. The first-order chi connectivity index (χ1) is 7.38. The van der Waals surface area contributed by atoms with Gasteiger partial charge in [-0.3, -0.25) is 0 Å². The first-order valence-electron chi connectivity index (χ1n) is 4.88. The summed E-state index contributed by atoms with van der Waals surface area (Å²) < 4.78 is 31.0. The lowest BCUT2D eigenvalue weighted by atomic mass is 9.69. The molecule has 0 bridgehead atoms. The van der Waals surface area contributed by atoms with E-state index in [4.69, 9.17) is 22.1 Å². The van der Waals surface area contributed by atoms with E-state index in [1.54, 1.807) is 18.2 Å². The number of alkyl halides is 2. The van der Waals surface area contributed by atoms with Crippen molar-refractivity contribution >= 4 is 11.6 Å². The van der Waals surface area contributed by atoms with Gasteiger partial charge in [0.25, 0.3) is 5.92 Å². The number of nitrogens with two attached hydrogens (primary N) is 1. The minimum atomic E-state index is -2.70.